The lowest BCUT2D eigenvalue weighted by atomic mass is 9.91. The number of halogens is 2. The lowest BCUT2D eigenvalue weighted by Crippen LogP contribution is -2.40. The summed E-state index contributed by atoms with van der Waals surface area (Å²) in [7, 11) is 0. The van der Waals surface area contributed by atoms with E-state index in [2.05, 4.69) is 27.9 Å². The van der Waals surface area contributed by atoms with Gasteiger partial charge in [0.15, 0.2) is 0 Å². The van der Waals surface area contributed by atoms with Crippen LogP contribution in [0.1, 0.15) is 36.0 Å². The van der Waals surface area contributed by atoms with E-state index in [0.29, 0.717) is 16.6 Å². The molecule has 0 aliphatic heterocycles. The molecule has 1 fully saturated rings. The van der Waals surface area contributed by atoms with E-state index in [1.54, 1.807) is 12.1 Å². The van der Waals surface area contributed by atoms with Gasteiger partial charge in [0, 0.05) is 21.2 Å². The first-order valence-corrected chi connectivity index (χ1v) is 7.53. The summed E-state index contributed by atoms with van der Waals surface area (Å²) in [6.45, 7) is 0. The van der Waals surface area contributed by atoms with Gasteiger partial charge in [-0.2, -0.15) is 0 Å². The van der Waals surface area contributed by atoms with Gasteiger partial charge in [-0.05, 0) is 66.5 Å². The number of benzene rings is 1. The van der Waals surface area contributed by atoms with Crippen molar-refractivity contribution in [1.82, 2.24) is 5.32 Å². The standard InChI is InChI=1S/C13H16ClIN2O/c14-11-6-1-8(7-12(11)15)13(18)17-10-4-2-9(16)3-5-10/h1,6-7,9-10H,2-5,16H2,(H,17,18). The topological polar surface area (TPSA) is 55.1 Å². The quantitative estimate of drug-likeness (QED) is 0.778. The third-order valence-electron chi connectivity index (χ3n) is 3.29. The van der Waals surface area contributed by atoms with E-state index in [4.69, 9.17) is 17.3 Å². The van der Waals surface area contributed by atoms with Crippen LogP contribution >= 0.6 is 34.2 Å². The highest BCUT2D eigenvalue weighted by atomic mass is 127. The van der Waals surface area contributed by atoms with Crippen molar-refractivity contribution in [3.05, 3.63) is 32.4 Å². The number of hydrogen-bond donors (Lipinski definition) is 2. The molecule has 1 aliphatic rings. The maximum atomic E-state index is 12.1. The molecular formula is C13H16ClIN2O. The zero-order valence-electron chi connectivity index (χ0n) is 9.96. The molecule has 1 aromatic rings. The third kappa shape index (κ3) is 3.59. The number of nitrogens with one attached hydrogen (secondary N) is 1. The highest BCUT2D eigenvalue weighted by molar-refractivity contribution is 14.1. The highest BCUT2D eigenvalue weighted by Crippen LogP contribution is 2.21. The predicted octanol–water partition coefficient (Wildman–Crippen LogP) is 2.94. The van der Waals surface area contributed by atoms with E-state index in [9.17, 15) is 4.79 Å². The monoisotopic (exact) mass is 378 g/mol. The van der Waals surface area contributed by atoms with Crippen LogP contribution in [0.25, 0.3) is 0 Å². The molecule has 2 rings (SSSR count). The number of rotatable bonds is 2. The molecule has 0 unspecified atom stereocenters. The number of amides is 1. The summed E-state index contributed by atoms with van der Waals surface area (Å²) < 4.78 is 0.896. The fourth-order valence-electron chi connectivity index (χ4n) is 2.17. The van der Waals surface area contributed by atoms with E-state index >= 15 is 0 Å². The zero-order chi connectivity index (χ0) is 13.1. The van der Waals surface area contributed by atoms with Gasteiger partial charge in [0.25, 0.3) is 5.91 Å². The van der Waals surface area contributed by atoms with Crippen molar-refractivity contribution in [3.8, 4) is 0 Å². The Kier molecular flexibility index (Phi) is 4.86. The Labute approximate surface area is 126 Å². The van der Waals surface area contributed by atoms with E-state index in [1.165, 1.54) is 0 Å². The van der Waals surface area contributed by atoms with Crippen LogP contribution in [0.3, 0.4) is 0 Å². The van der Waals surface area contributed by atoms with Crippen LogP contribution in [-0.4, -0.2) is 18.0 Å². The first-order chi connectivity index (χ1) is 8.56. The fourth-order valence-corrected chi connectivity index (χ4v) is 2.80. The number of carbonyl (C=O) groups excluding carboxylic acids is 1. The molecule has 1 aliphatic carbocycles. The van der Waals surface area contributed by atoms with Crippen molar-refractivity contribution in [2.75, 3.05) is 0 Å². The molecule has 0 aromatic heterocycles. The number of hydrogen-bond acceptors (Lipinski definition) is 2. The van der Waals surface area contributed by atoms with E-state index in [0.717, 1.165) is 29.3 Å². The summed E-state index contributed by atoms with van der Waals surface area (Å²) in [5.74, 6) is -0.0231. The second kappa shape index (κ2) is 6.21. The molecule has 0 bridgehead atoms. The van der Waals surface area contributed by atoms with Gasteiger partial charge < -0.3 is 11.1 Å². The smallest absolute Gasteiger partial charge is 0.251 e. The van der Waals surface area contributed by atoms with Crippen LogP contribution in [0.2, 0.25) is 5.02 Å². The summed E-state index contributed by atoms with van der Waals surface area (Å²) >= 11 is 8.07. The second-order valence-corrected chi connectivity index (χ2v) is 6.28. The van der Waals surface area contributed by atoms with E-state index in [-0.39, 0.29) is 11.9 Å². The van der Waals surface area contributed by atoms with Gasteiger partial charge in [0.05, 0.1) is 5.02 Å². The lowest BCUT2D eigenvalue weighted by Gasteiger charge is -2.26. The van der Waals surface area contributed by atoms with Crippen LogP contribution in [0.15, 0.2) is 18.2 Å². The van der Waals surface area contributed by atoms with Crippen LogP contribution in [-0.2, 0) is 0 Å². The van der Waals surface area contributed by atoms with Gasteiger partial charge in [-0.15, -0.1) is 0 Å². The van der Waals surface area contributed by atoms with Crippen molar-refractivity contribution in [1.29, 1.82) is 0 Å². The molecule has 18 heavy (non-hydrogen) atoms. The summed E-state index contributed by atoms with van der Waals surface area (Å²) in [4.78, 5) is 12.1. The second-order valence-electron chi connectivity index (χ2n) is 4.71. The van der Waals surface area contributed by atoms with E-state index < -0.39 is 0 Å². The fraction of sp³-hybridized carbons (Fsp3) is 0.462. The molecule has 0 atom stereocenters. The van der Waals surface area contributed by atoms with Gasteiger partial charge in [-0.25, -0.2) is 0 Å². The maximum absolute atomic E-state index is 12.1. The molecular weight excluding hydrogens is 363 g/mol. The molecule has 0 spiro atoms. The average Bonchev–Trinajstić information content (AvgIpc) is 2.35. The van der Waals surface area contributed by atoms with Gasteiger partial charge in [0.1, 0.15) is 0 Å². The van der Waals surface area contributed by atoms with Crippen LogP contribution < -0.4 is 11.1 Å². The van der Waals surface area contributed by atoms with Crippen LogP contribution in [0.4, 0.5) is 0 Å². The Balaban J connectivity index is 1.97. The molecule has 3 N–H and O–H groups in total. The molecule has 0 heterocycles. The first kappa shape index (κ1) is 14.1. The van der Waals surface area contributed by atoms with Crippen LogP contribution in [0.5, 0.6) is 0 Å². The zero-order valence-corrected chi connectivity index (χ0v) is 12.9. The van der Waals surface area contributed by atoms with Gasteiger partial charge >= 0.3 is 0 Å². The molecule has 98 valence electrons. The van der Waals surface area contributed by atoms with Gasteiger partial charge in [0.2, 0.25) is 0 Å². The highest BCUT2D eigenvalue weighted by Gasteiger charge is 2.20. The normalized spacial score (nSPS) is 23.7. The minimum absolute atomic E-state index is 0.0231. The molecule has 3 nitrogen and oxygen atoms in total. The summed E-state index contributed by atoms with van der Waals surface area (Å²) in [6, 6.07) is 5.89. The maximum Gasteiger partial charge on any atom is 0.251 e. The van der Waals surface area contributed by atoms with Gasteiger partial charge in [-0.3, -0.25) is 4.79 Å². The van der Waals surface area contributed by atoms with Crippen LogP contribution in [0, 0.1) is 3.57 Å². The van der Waals surface area contributed by atoms with Gasteiger partial charge in [-0.1, -0.05) is 11.6 Å². The molecule has 1 saturated carbocycles. The van der Waals surface area contributed by atoms with E-state index in [1.807, 2.05) is 6.07 Å². The minimum atomic E-state index is -0.0231. The number of nitrogens with two attached hydrogens (primary N) is 1. The summed E-state index contributed by atoms with van der Waals surface area (Å²) in [5, 5.41) is 3.74. The minimum Gasteiger partial charge on any atom is -0.349 e. The van der Waals surface area contributed by atoms with Crippen molar-refractivity contribution < 1.29 is 4.79 Å². The number of carbonyl (C=O) groups is 1. The van der Waals surface area contributed by atoms with Crippen molar-refractivity contribution in [3.63, 3.8) is 0 Å². The Bertz CT molecular complexity index is 445. The Morgan fingerprint density at radius 2 is 2.00 bits per heavy atom. The van der Waals surface area contributed by atoms with Crippen molar-refractivity contribution in [2.45, 2.75) is 37.8 Å². The Morgan fingerprint density at radius 3 is 2.61 bits per heavy atom. The molecule has 1 amide bonds. The molecule has 5 heteroatoms. The Hall–Kier alpha value is -0.330. The Morgan fingerprint density at radius 1 is 1.33 bits per heavy atom. The largest absolute Gasteiger partial charge is 0.349 e. The lowest BCUT2D eigenvalue weighted by molar-refractivity contribution is 0.0926. The molecule has 0 radical (unpaired) electrons. The predicted molar refractivity (Wildman–Crippen MR) is 81.9 cm³/mol. The first-order valence-electron chi connectivity index (χ1n) is 6.08. The molecule has 1 aromatic carbocycles. The third-order valence-corrected chi connectivity index (χ3v) is 4.83. The summed E-state index contributed by atoms with van der Waals surface area (Å²) in [5.41, 5.74) is 6.51. The molecule has 0 saturated heterocycles. The van der Waals surface area contributed by atoms with Crippen molar-refractivity contribution in [2.24, 2.45) is 5.73 Å². The van der Waals surface area contributed by atoms with Crippen molar-refractivity contribution >= 4 is 40.1 Å². The average molecular weight is 379 g/mol. The summed E-state index contributed by atoms with van der Waals surface area (Å²) in [6.07, 6.45) is 3.92. The SMILES string of the molecule is NC1CCC(NC(=O)c2ccc(Cl)c(I)c2)CC1.